The molecule has 0 aliphatic carbocycles. The third kappa shape index (κ3) is 3.92. The summed E-state index contributed by atoms with van der Waals surface area (Å²) in [6.45, 7) is 2.96. The molecule has 2 aromatic rings. The van der Waals surface area contributed by atoms with Gasteiger partial charge in [-0.05, 0) is 39.5 Å². The molecular weight excluding hydrogens is 362 g/mol. The van der Waals surface area contributed by atoms with Crippen LogP contribution in [0.3, 0.4) is 0 Å². The molecule has 3 rings (SSSR count). The summed E-state index contributed by atoms with van der Waals surface area (Å²) < 4.78 is 12.0. The molecule has 7 heteroatoms. The van der Waals surface area contributed by atoms with E-state index in [1.165, 1.54) is 17.5 Å². The number of oxazole rings is 1. The molecule has 3 N–H and O–H groups in total. The zero-order valence-electron chi connectivity index (χ0n) is 12.7. The van der Waals surface area contributed by atoms with Crippen molar-refractivity contribution in [3.63, 3.8) is 0 Å². The third-order valence-electron chi connectivity index (χ3n) is 3.97. The van der Waals surface area contributed by atoms with Crippen molar-refractivity contribution in [2.75, 3.05) is 19.6 Å². The number of fused-ring (bicyclic) bond motifs is 1. The van der Waals surface area contributed by atoms with E-state index in [4.69, 9.17) is 14.9 Å². The van der Waals surface area contributed by atoms with Crippen LogP contribution in [-0.2, 0) is 19.6 Å². The van der Waals surface area contributed by atoms with Crippen LogP contribution in [0.5, 0.6) is 5.75 Å². The molecule has 0 amide bonds. The molecular formula is C16H20BrN3O3. The lowest BCUT2D eigenvalue weighted by Gasteiger charge is -2.31. The molecule has 124 valence electrons. The lowest BCUT2D eigenvalue weighted by molar-refractivity contribution is 0.111. The Kier molecular flexibility index (Phi) is 5.32. The predicted octanol–water partition coefficient (Wildman–Crippen LogP) is 1.69. The first kappa shape index (κ1) is 16.4. The van der Waals surface area contributed by atoms with Gasteiger partial charge in [-0.1, -0.05) is 6.07 Å². The number of nitrogens with two attached hydrogens (primary N) is 1. The van der Waals surface area contributed by atoms with Crippen LogP contribution in [0.2, 0.25) is 0 Å². The number of ether oxygens (including phenoxy) is 1. The average Bonchev–Trinajstić information content (AvgIpc) is 3.07. The maximum Gasteiger partial charge on any atom is 0.181 e. The highest BCUT2D eigenvalue weighted by atomic mass is 79.9. The van der Waals surface area contributed by atoms with Crippen LogP contribution in [0, 0.1) is 0 Å². The SMILES string of the molecule is NC[C@H](O)CN1CCc2c(ccc(OCc3cnco3)c2Br)C1. The standard InChI is InChI=1S/C16H20BrN3O3/c17-16-14-3-4-20(8-12(21)5-18)7-11(14)1-2-15(16)22-9-13-6-19-10-23-13/h1-2,6,10,12,21H,3-5,7-9,18H2/t12-/m0/s1. The minimum atomic E-state index is -0.468. The second-order valence-corrected chi connectivity index (χ2v) is 6.44. The van der Waals surface area contributed by atoms with Crippen LogP contribution in [0.4, 0.5) is 0 Å². The number of hydrogen-bond acceptors (Lipinski definition) is 6. The number of benzene rings is 1. The fourth-order valence-electron chi connectivity index (χ4n) is 2.75. The summed E-state index contributed by atoms with van der Waals surface area (Å²) in [7, 11) is 0. The van der Waals surface area contributed by atoms with Crippen molar-refractivity contribution in [3.8, 4) is 5.75 Å². The molecule has 0 unspecified atom stereocenters. The van der Waals surface area contributed by atoms with Crippen LogP contribution in [0.15, 0.2) is 33.6 Å². The fraction of sp³-hybridized carbons (Fsp3) is 0.438. The van der Waals surface area contributed by atoms with Crippen molar-refractivity contribution in [2.24, 2.45) is 5.73 Å². The maximum atomic E-state index is 9.71. The number of aliphatic hydroxyl groups is 1. The molecule has 0 bridgehead atoms. The van der Waals surface area contributed by atoms with E-state index in [0.717, 1.165) is 29.7 Å². The molecule has 23 heavy (non-hydrogen) atoms. The molecule has 1 atom stereocenters. The van der Waals surface area contributed by atoms with Gasteiger partial charge in [0.25, 0.3) is 0 Å². The van der Waals surface area contributed by atoms with Crippen LogP contribution in [0.25, 0.3) is 0 Å². The molecule has 1 aliphatic rings. The molecule has 1 aliphatic heterocycles. The lowest BCUT2D eigenvalue weighted by atomic mass is 9.99. The van der Waals surface area contributed by atoms with Gasteiger partial charge in [0, 0.05) is 26.2 Å². The smallest absolute Gasteiger partial charge is 0.181 e. The van der Waals surface area contributed by atoms with Crippen molar-refractivity contribution in [1.82, 2.24) is 9.88 Å². The van der Waals surface area contributed by atoms with Crippen molar-refractivity contribution < 1.29 is 14.3 Å². The molecule has 6 nitrogen and oxygen atoms in total. The third-order valence-corrected chi connectivity index (χ3v) is 4.84. The minimum Gasteiger partial charge on any atom is -0.484 e. The zero-order valence-corrected chi connectivity index (χ0v) is 14.3. The number of hydrogen-bond donors (Lipinski definition) is 2. The molecule has 0 radical (unpaired) electrons. The van der Waals surface area contributed by atoms with Crippen molar-refractivity contribution in [2.45, 2.75) is 25.7 Å². The maximum absolute atomic E-state index is 9.71. The normalized spacial score (nSPS) is 16.1. The number of rotatable bonds is 6. The Bertz CT molecular complexity index is 648. The lowest BCUT2D eigenvalue weighted by Crippen LogP contribution is -2.39. The molecule has 0 spiro atoms. The van der Waals surface area contributed by atoms with Gasteiger partial charge in [0.1, 0.15) is 12.4 Å². The van der Waals surface area contributed by atoms with E-state index in [0.29, 0.717) is 25.5 Å². The number of aliphatic hydroxyl groups excluding tert-OH is 1. The zero-order chi connectivity index (χ0) is 16.2. The molecule has 1 aromatic carbocycles. The van der Waals surface area contributed by atoms with Gasteiger partial charge in [-0.25, -0.2) is 4.98 Å². The first-order chi connectivity index (χ1) is 11.2. The minimum absolute atomic E-state index is 0.293. The Morgan fingerprint density at radius 2 is 2.35 bits per heavy atom. The first-order valence-electron chi connectivity index (χ1n) is 7.58. The molecule has 0 saturated carbocycles. The largest absolute Gasteiger partial charge is 0.484 e. The summed E-state index contributed by atoms with van der Waals surface area (Å²) in [4.78, 5) is 6.10. The van der Waals surface area contributed by atoms with E-state index >= 15 is 0 Å². The summed E-state index contributed by atoms with van der Waals surface area (Å²) in [5.74, 6) is 1.49. The van der Waals surface area contributed by atoms with Crippen LogP contribution in [0.1, 0.15) is 16.9 Å². The van der Waals surface area contributed by atoms with Crippen LogP contribution in [-0.4, -0.2) is 40.7 Å². The van der Waals surface area contributed by atoms with Gasteiger partial charge in [-0.3, -0.25) is 4.90 Å². The highest BCUT2D eigenvalue weighted by molar-refractivity contribution is 9.10. The summed E-state index contributed by atoms with van der Waals surface area (Å²) in [5, 5.41) is 9.71. The molecule has 1 aromatic heterocycles. The first-order valence-corrected chi connectivity index (χ1v) is 8.37. The van der Waals surface area contributed by atoms with Gasteiger partial charge in [0.05, 0.1) is 16.8 Å². The summed E-state index contributed by atoms with van der Waals surface area (Å²) in [6.07, 6.45) is 3.48. The van der Waals surface area contributed by atoms with E-state index in [9.17, 15) is 5.11 Å². The number of β-amino-alcohol motifs (C(OH)–C–C–N with tert-alkyl or cyclic N) is 1. The summed E-state index contributed by atoms with van der Waals surface area (Å²) in [5.41, 5.74) is 8.00. The van der Waals surface area contributed by atoms with Crippen molar-refractivity contribution in [3.05, 3.63) is 46.1 Å². The Hall–Kier alpha value is -1.41. The van der Waals surface area contributed by atoms with Gasteiger partial charge in [-0.15, -0.1) is 0 Å². The second-order valence-electron chi connectivity index (χ2n) is 5.65. The highest BCUT2D eigenvalue weighted by Gasteiger charge is 2.21. The number of halogens is 1. The second kappa shape index (κ2) is 7.44. The van der Waals surface area contributed by atoms with Gasteiger partial charge in [-0.2, -0.15) is 0 Å². The van der Waals surface area contributed by atoms with Gasteiger partial charge in [0.15, 0.2) is 12.2 Å². The highest BCUT2D eigenvalue weighted by Crippen LogP contribution is 2.34. The van der Waals surface area contributed by atoms with Crippen molar-refractivity contribution in [1.29, 1.82) is 0 Å². The Morgan fingerprint density at radius 1 is 1.48 bits per heavy atom. The quantitative estimate of drug-likeness (QED) is 0.791. The number of nitrogens with zero attached hydrogens (tertiary/aromatic N) is 2. The van der Waals surface area contributed by atoms with Crippen LogP contribution < -0.4 is 10.5 Å². The summed E-state index contributed by atoms with van der Waals surface area (Å²) in [6, 6.07) is 4.04. The van der Waals surface area contributed by atoms with Crippen molar-refractivity contribution >= 4 is 15.9 Å². The molecule has 0 saturated heterocycles. The predicted molar refractivity (Wildman–Crippen MR) is 89.0 cm³/mol. The van der Waals surface area contributed by atoms with E-state index in [-0.39, 0.29) is 0 Å². The molecule has 2 heterocycles. The number of aromatic nitrogens is 1. The fourth-order valence-corrected chi connectivity index (χ4v) is 3.45. The molecule has 0 fully saturated rings. The van der Waals surface area contributed by atoms with Gasteiger partial charge in [0.2, 0.25) is 0 Å². The van der Waals surface area contributed by atoms with E-state index < -0.39 is 6.10 Å². The topological polar surface area (TPSA) is 84.8 Å². The Labute approximate surface area is 143 Å². The summed E-state index contributed by atoms with van der Waals surface area (Å²) >= 11 is 3.66. The Morgan fingerprint density at radius 3 is 3.09 bits per heavy atom. The monoisotopic (exact) mass is 381 g/mol. The van der Waals surface area contributed by atoms with E-state index in [1.54, 1.807) is 6.20 Å². The Balaban J connectivity index is 1.68. The van der Waals surface area contributed by atoms with Crippen LogP contribution >= 0.6 is 15.9 Å². The average molecular weight is 382 g/mol. The van der Waals surface area contributed by atoms with E-state index in [1.807, 2.05) is 6.07 Å². The van der Waals surface area contributed by atoms with Gasteiger partial charge < -0.3 is 20.0 Å². The van der Waals surface area contributed by atoms with E-state index in [2.05, 4.69) is 31.9 Å². The van der Waals surface area contributed by atoms with Gasteiger partial charge >= 0.3 is 0 Å².